The van der Waals surface area contributed by atoms with Crippen molar-refractivity contribution in [2.24, 2.45) is 0 Å². The summed E-state index contributed by atoms with van der Waals surface area (Å²) in [5.41, 5.74) is 0. The quantitative estimate of drug-likeness (QED) is 0.0438. The first-order valence-electron chi connectivity index (χ1n) is 20.0. The molecule has 0 fully saturated rings. The summed E-state index contributed by atoms with van der Waals surface area (Å²) in [6, 6.07) is 0. The van der Waals surface area contributed by atoms with E-state index in [9.17, 15) is 0 Å². The van der Waals surface area contributed by atoms with Gasteiger partial charge in [-0.2, -0.15) is 0 Å². The Balaban J connectivity index is 3.02. The molecule has 0 nitrogen and oxygen atoms in total. The third kappa shape index (κ3) is 41.0. The van der Waals surface area contributed by atoms with Crippen molar-refractivity contribution in [3.05, 3.63) is 0 Å². The second-order valence-electron chi connectivity index (χ2n) is 13.8. The van der Waals surface area contributed by atoms with E-state index >= 15 is 0 Å². The van der Waals surface area contributed by atoms with Crippen LogP contribution < -0.4 is 0 Å². The van der Waals surface area contributed by atoms with Gasteiger partial charge in [-0.15, -0.1) is 0 Å². The maximum Gasteiger partial charge on any atom is 0.00313 e. The Morgan fingerprint density at radius 1 is 0.119 bits per heavy atom. The Kier molecular flexibility index (Phi) is 42.9. The molecule has 0 aliphatic heterocycles. The number of alkyl halides is 2. The van der Waals surface area contributed by atoms with Crippen molar-refractivity contribution in [2.75, 3.05) is 10.7 Å². The largest absolute Gasteiger partial charge is 0.0928 e. The molecule has 42 heavy (non-hydrogen) atoms. The zero-order chi connectivity index (χ0) is 30.3. The lowest BCUT2D eigenvalue weighted by Crippen LogP contribution is -1.85. The van der Waals surface area contributed by atoms with Crippen molar-refractivity contribution in [1.82, 2.24) is 0 Å². The molecule has 0 amide bonds. The minimum absolute atomic E-state index is 1.19. The minimum Gasteiger partial charge on any atom is -0.0928 e. The van der Waals surface area contributed by atoms with Gasteiger partial charge >= 0.3 is 0 Å². The molecular weight excluding hydrogens is 640 g/mol. The molecule has 0 spiro atoms. The molecule has 0 aromatic rings. The van der Waals surface area contributed by atoms with E-state index in [1.165, 1.54) is 255 Å². The number of hydrogen-bond donors (Lipinski definition) is 0. The fourth-order valence-electron chi connectivity index (χ4n) is 6.55. The topological polar surface area (TPSA) is 0 Å². The van der Waals surface area contributed by atoms with Gasteiger partial charge in [0.15, 0.2) is 0 Å². The van der Waals surface area contributed by atoms with E-state index < -0.39 is 0 Å². The van der Waals surface area contributed by atoms with Gasteiger partial charge in [-0.3, -0.25) is 0 Å². The zero-order valence-corrected chi connectivity index (χ0v) is 32.2. The predicted molar refractivity (Wildman–Crippen MR) is 203 cm³/mol. The molecule has 0 bridgehead atoms. The van der Waals surface area contributed by atoms with Gasteiger partial charge in [-0.25, -0.2) is 0 Å². The molecule has 0 aliphatic carbocycles. The maximum absolute atomic E-state index is 3.53. The van der Waals surface area contributed by atoms with Gasteiger partial charge in [-0.05, 0) is 12.8 Å². The number of halogens is 2. The molecule has 2 heteroatoms. The predicted octanol–water partition coefficient (Wildman–Crippen LogP) is 16.6. The summed E-state index contributed by atoms with van der Waals surface area (Å²) in [6.45, 7) is 0. The second-order valence-corrected chi connectivity index (χ2v) is 15.4. The lowest BCUT2D eigenvalue weighted by molar-refractivity contribution is 0.510. The highest BCUT2D eigenvalue weighted by Crippen LogP contribution is 2.17. The fraction of sp³-hybridized carbons (Fsp3) is 1.00. The number of hydrogen-bond acceptors (Lipinski definition) is 0. The average Bonchev–Trinajstić information content (AvgIpc) is 3.00. The van der Waals surface area contributed by atoms with Crippen LogP contribution in [0.1, 0.15) is 244 Å². The molecule has 0 saturated heterocycles. The number of unbranched alkanes of at least 4 members (excludes halogenated alkanes) is 37. The molecule has 0 aromatic carbocycles. The van der Waals surface area contributed by atoms with Crippen LogP contribution in [0.4, 0.5) is 0 Å². The molecular formula is C40H80Br2. The molecule has 0 N–H and O–H groups in total. The second kappa shape index (κ2) is 42.0. The normalized spacial score (nSPS) is 11.6. The molecule has 0 radical (unpaired) electrons. The Hall–Kier alpha value is 0.960. The van der Waals surface area contributed by atoms with E-state index in [0.717, 1.165) is 0 Å². The Morgan fingerprint density at radius 3 is 0.262 bits per heavy atom. The summed E-state index contributed by atoms with van der Waals surface area (Å²) in [5, 5.41) is 2.37. The third-order valence-electron chi connectivity index (χ3n) is 9.52. The van der Waals surface area contributed by atoms with Crippen molar-refractivity contribution < 1.29 is 0 Å². The van der Waals surface area contributed by atoms with Crippen LogP contribution in [-0.4, -0.2) is 10.7 Å². The Bertz CT molecular complexity index is 397. The van der Waals surface area contributed by atoms with Crippen LogP contribution in [0.25, 0.3) is 0 Å². The van der Waals surface area contributed by atoms with Crippen LogP contribution >= 0.6 is 31.9 Å². The van der Waals surface area contributed by atoms with Crippen molar-refractivity contribution in [1.29, 1.82) is 0 Å². The molecule has 254 valence electrons. The SMILES string of the molecule is BrCCCCCCCCCCCCCCCCCCCCCCCCCCCCCCCCCCCCCCCCBr. The Labute approximate surface area is 285 Å². The van der Waals surface area contributed by atoms with Crippen molar-refractivity contribution in [3.8, 4) is 0 Å². The molecule has 0 rings (SSSR count). The van der Waals surface area contributed by atoms with E-state index in [-0.39, 0.29) is 0 Å². The first-order chi connectivity index (χ1) is 20.9. The fourth-order valence-corrected chi connectivity index (χ4v) is 7.35. The summed E-state index contributed by atoms with van der Waals surface area (Å²) in [4.78, 5) is 0. The molecule has 0 aliphatic rings. The standard InChI is InChI=1S/C40H80Br2/c41-39-37-35-33-31-29-27-25-23-21-19-17-15-13-11-9-7-5-3-1-2-4-6-8-10-12-14-16-18-20-22-24-26-28-30-32-34-36-38-40-42/h1-40H2. The van der Waals surface area contributed by atoms with Crippen LogP contribution in [-0.2, 0) is 0 Å². The van der Waals surface area contributed by atoms with Crippen LogP contribution in [0.15, 0.2) is 0 Å². The third-order valence-corrected chi connectivity index (χ3v) is 10.6. The Morgan fingerprint density at radius 2 is 0.190 bits per heavy atom. The van der Waals surface area contributed by atoms with Gasteiger partial charge in [0.2, 0.25) is 0 Å². The van der Waals surface area contributed by atoms with E-state index in [1.54, 1.807) is 0 Å². The van der Waals surface area contributed by atoms with Gasteiger partial charge in [0, 0.05) is 10.7 Å². The monoisotopic (exact) mass is 718 g/mol. The van der Waals surface area contributed by atoms with Gasteiger partial charge in [-0.1, -0.05) is 263 Å². The molecule has 0 unspecified atom stereocenters. The highest BCUT2D eigenvalue weighted by atomic mass is 79.9. The van der Waals surface area contributed by atoms with E-state index in [2.05, 4.69) is 31.9 Å². The first kappa shape index (κ1) is 43.0. The lowest BCUT2D eigenvalue weighted by atomic mass is 10.0. The van der Waals surface area contributed by atoms with Gasteiger partial charge in [0.25, 0.3) is 0 Å². The summed E-state index contributed by atoms with van der Waals surface area (Å²) in [6.07, 6.45) is 56.1. The van der Waals surface area contributed by atoms with Crippen molar-refractivity contribution >= 4 is 31.9 Å². The molecule has 0 aromatic heterocycles. The maximum atomic E-state index is 3.53. The van der Waals surface area contributed by atoms with Crippen LogP contribution in [0.3, 0.4) is 0 Å². The molecule has 0 heterocycles. The van der Waals surface area contributed by atoms with E-state index in [1.807, 2.05) is 0 Å². The zero-order valence-electron chi connectivity index (χ0n) is 29.0. The summed E-state index contributed by atoms with van der Waals surface area (Å²) >= 11 is 7.05. The first-order valence-corrected chi connectivity index (χ1v) is 22.3. The van der Waals surface area contributed by atoms with Crippen LogP contribution in [0.2, 0.25) is 0 Å². The summed E-state index contributed by atoms with van der Waals surface area (Å²) in [7, 11) is 0. The minimum atomic E-state index is 1.19. The summed E-state index contributed by atoms with van der Waals surface area (Å²) < 4.78 is 0. The van der Waals surface area contributed by atoms with E-state index in [4.69, 9.17) is 0 Å². The van der Waals surface area contributed by atoms with E-state index in [0.29, 0.717) is 0 Å². The lowest BCUT2D eigenvalue weighted by Gasteiger charge is -2.05. The highest BCUT2D eigenvalue weighted by molar-refractivity contribution is 9.09. The van der Waals surface area contributed by atoms with Gasteiger partial charge in [0.05, 0.1) is 0 Å². The molecule has 0 atom stereocenters. The molecule has 0 saturated carbocycles. The summed E-state index contributed by atoms with van der Waals surface area (Å²) in [5.74, 6) is 0. The van der Waals surface area contributed by atoms with Crippen LogP contribution in [0, 0.1) is 0 Å². The van der Waals surface area contributed by atoms with Gasteiger partial charge in [0.1, 0.15) is 0 Å². The van der Waals surface area contributed by atoms with Crippen LogP contribution in [0.5, 0.6) is 0 Å². The smallest absolute Gasteiger partial charge is 0.00313 e. The van der Waals surface area contributed by atoms with Crippen molar-refractivity contribution in [3.63, 3.8) is 0 Å². The highest BCUT2D eigenvalue weighted by Gasteiger charge is 1.98. The van der Waals surface area contributed by atoms with Crippen molar-refractivity contribution in [2.45, 2.75) is 244 Å². The van der Waals surface area contributed by atoms with Gasteiger partial charge < -0.3 is 0 Å². The number of rotatable bonds is 39. The average molecular weight is 721 g/mol.